The number of nitrogens with one attached hydrogen (secondary N) is 1. The number of rotatable bonds is 4. The fraction of sp³-hybridized carbons (Fsp3) is 1.00. The summed E-state index contributed by atoms with van der Waals surface area (Å²) in [5.41, 5.74) is 0.522. The van der Waals surface area contributed by atoms with E-state index in [-0.39, 0.29) is 0 Å². The van der Waals surface area contributed by atoms with E-state index in [9.17, 15) is 0 Å². The van der Waals surface area contributed by atoms with Crippen molar-refractivity contribution in [3.63, 3.8) is 0 Å². The SMILES string of the molecule is CC(C)(C)C1CCC(CNC2CCN(C3CC3)C2)CC1. The van der Waals surface area contributed by atoms with E-state index in [0.29, 0.717) is 5.41 Å². The summed E-state index contributed by atoms with van der Waals surface area (Å²) in [4.78, 5) is 2.72. The van der Waals surface area contributed by atoms with Crippen LogP contribution in [0.3, 0.4) is 0 Å². The van der Waals surface area contributed by atoms with Crippen LogP contribution in [0, 0.1) is 17.3 Å². The highest BCUT2D eigenvalue weighted by Crippen LogP contribution is 2.39. The molecule has 1 unspecified atom stereocenters. The predicted octanol–water partition coefficient (Wildman–Crippen LogP) is 3.67. The molecule has 1 N–H and O–H groups in total. The molecule has 3 rings (SSSR count). The molecular formula is C18H34N2. The maximum absolute atomic E-state index is 3.88. The summed E-state index contributed by atoms with van der Waals surface area (Å²) < 4.78 is 0. The minimum absolute atomic E-state index is 0.522. The van der Waals surface area contributed by atoms with E-state index in [0.717, 1.165) is 23.9 Å². The molecule has 1 saturated heterocycles. The van der Waals surface area contributed by atoms with Crippen LogP contribution in [0.5, 0.6) is 0 Å². The summed E-state index contributed by atoms with van der Waals surface area (Å²) in [6, 6.07) is 1.75. The Kier molecular flexibility index (Phi) is 4.42. The largest absolute Gasteiger partial charge is 0.312 e. The van der Waals surface area contributed by atoms with E-state index in [1.165, 1.54) is 64.6 Å². The summed E-state index contributed by atoms with van der Waals surface area (Å²) in [6.45, 7) is 11.2. The van der Waals surface area contributed by atoms with Crippen LogP contribution in [0.2, 0.25) is 0 Å². The lowest BCUT2D eigenvalue weighted by Gasteiger charge is -2.37. The van der Waals surface area contributed by atoms with Gasteiger partial charge in [0.1, 0.15) is 0 Å². The van der Waals surface area contributed by atoms with Gasteiger partial charge in [0.05, 0.1) is 0 Å². The molecule has 20 heavy (non-hydrogen) atoms. The normalized spacial score (nSPS) is 36.5. The van der Waals surface area contributed by atoms with E-state index in [4.69, 9.17) is 0 Å². The Bertz CT molecular complexity index is 308. The highest BCUT2D eigenvalue weighted by atomic mass is 15.2. The Labute approximate surface area is 125 Å². The second-order valence-electron chi connectivity index (χ2n) is 8.70. The van der Waals surface area contributed by atoms with Gasteiger partial charge in [-0.1, -0.05) is 20.8 Å². The molecule has 3 aliphatic rings. The van der Waals surface area contributed by atoms with Gasteiger partial charge in [0, 0.05) is 25.2 Å². The molecule has 0 bridgehead atoms. The first-order chi connectivity index (χ1) is 9.52. The lowest BCUT2D eigenvalue weighted by molar-refractivity contribution is 0.147. The number of likely N-dealkylation sites (tertiary alicyclic amines) is 1. The molecule has 0 spiro atoms. The van der Waals surface area contributed by atoms with Crippen molar-refractivity contribution in [3.05, 3.63) is 0 Å². The molecule has 2 aliphatic carbocycles. The number of nitrogens with zero attached hydrogens (tertiary/aromatic N) is 1. The van der Waals surface area contributed by atoms with Crippen LogP contribution in [-0.2, 0) is 0 Å². The summed E-state index contributed by atoms with van der Waals surface area (Å²) >= 11 is 0. The third-order valence-corrected chi connectivity index (χ3v) is 6.05. The van der Waals surface area contributed by atoms with Gasteiger partial charge in [-0.25, -0.2) is 0 Å². The van der Waals surface area contributed by atoms with Crippen molar-refractivity contribution in [1.29, 1.82) is 0 Å². The van der Waals surface area contributed by atoms with Crippen LogP contribution in [0.25, 0.3) is 0 Å². The van der Waals surface area contributed by atoms with Gasteiger partial charge in [0.15, 0.2) is 0 Å². The Morgan fingerprint density at radius 2 is 1.65 bits per heavy atom. The summed E-state index contributed by atoms with van der Waals surface area (Å²) in [6.07, 6.45) is 10.1. The first kappa shape index (κ1) is 14.8. The quantitative estimate of drug-likeness (QED) is 0.844. The van der Waals surface area contributed by atoms with Crippen molar-refractivity contribution in [1.82, 2.24) is 10.2 Å². The average Bonchev–Trinajstić information content (AvgIpc) is 3.15. The van der Waals surface area contributed by atoms with Crippen molar-refractivity contribution >= 4 is 0 Å². The van der Waals surface area contributed by atoms with Crippen molar-refractivity contribution in [2.75, 3.05) is 19.6 Å². The molecular weight excluding hydrogens is 244 g/mol. The number of hydrogen-bond donors (Lipinski definition) is 1. The molecule has 0 aromatic heterocycles. The molecule has 2 nitrogen and oxygen atoms in total. The molecule has 1 aliphatic heterocycles. The Balaban J connectivity index is 1.34. The highest BCUT2D eigenvalue weighted by molar-refractivity contribution is 4.92. The third-order valence-electron chi connectivity index (χ3n) is 6.05. The van der Waals surface area contributed by atoms with Gasteiger partial charge < -0.3 is 5.32 Å². The van der Waals surface area contributed by atoms with E-state index in [1.807, 2.05) is 0 Å². The molecule has 0 amide bonds. The van der Waals surface area contributed by atoms with Gasteiger partial charge in [0.2, 0.25) is 0 Å². The van der Waals surface area contributed by atoms with Gasteiger partial charge in [-0.05, 0) is 68.7 Å². The third kappa shape index (κ3) is 3.76. The Morgan fingerprint density at radius 1 is 0.950 bits per heavy atom. The van der Waals surface area contributed by atoms with Crippen molar-refractivity contribution in [2.24, 2.45) is 17.3 Å². The van der Waals surface area contributed by atoms with E-state index >= 15 is 0 Å². The minimum Gasteiger partial charge on any atom is -0.312 e. The zero-order valence-corrected chi connectivity index (χ0v) is 13.8. The van der Waals surface area contributed by atoms with Crippen molar-refractivity contribution in [2.45, 2.75) is 77.8 Å². The van der Waals surface area contributed by atoms with Crippen LogP contribution < -0.4 is 5.32 Å². The highest BCUT2D eigenvalue weighted by Gasteiger charge is 2.35. The zero-order valence-electron chi connectivity index (χ0n) is 13.8. The fourth-order valence-electron chi connectivity index (χ4n) is 4.29. The zero-order chi connectivity index (χ0) is 14.2. The molecule has 2 heteroatoms. The molecule has 2 saturated carbocycles. The molecule has 0 aromatic carbocycles. The second-order valence-corrected chi connectivity index (χ2v) is 8.70. The van der Waals surface area contributed by atoms with Gasteiger partial charge in [0.25, 0.3) is 0 Å². The predicted molar refractivity (Wildman–Crippen MR) is 85.9 cm³/mol. The van der Waals surface area contributed by atoms with Crippen molar-refractivity contribution < 1.29 is 0 Å². The first-order valence-corrected chi connectivity index (χ1v) is 9.00. The topological polar surface area (TPSA) is 15.3 Å². The van der Waals surface area contributed by atoms with E-state index in [2.05, 4.69) is 31.0 Å². The lowest BCUT2D eigenvalue weighted by Crippen LogP contribution is -2.37. The molecule has 1 heterocycles. The van der Waals surface area contributed by atoms with Crippen LogP contribution in [-0.4, -0.2) is 36.6 Å². The van der Waals surface area contributed by atoms with Crippen LogP contribution in [0.1, 0.15) is 65.7 Å². The molecule has 1 atom stereocenters. The van der Waals surface area contributed by atoms with Gasteiger partial charge in [-0.15, -0.1) is 0 Å². The standard InChI is InChI=1S/C18H34N2/c1-18(2,3)15-6-4-14(5-7-15)12-19-16-10-11-20(13-16)17-8-9-17/h14-17,19H,4-13H2,1-3H3. The molecule has 0 radical (unpaired) electrons. The molecule has 116 valence electrons. The van der Waals surface area contributed by atoms with Crippen LogP contribution >= 0.6 is 0 Å². The first-order valence-electron chi connectivity index (χ1n) is 9.00. The molecule has 0 aromatic rings. The van der Waals surface area contributed by atoms with Crippen LogP contribution in [0.4, 0.5) is 0 Å². The second kappa shape index (κ2) is 5.96. The fourth-order valence-corrected chi connectivity index (χ4v) is 4.29. The smallest absolute Gasteiger partial charge is 0.0207 e. The molecule has 3 fully saturated rings. The monoisotopic (exact) mass is 278 g/mol. The summed E-state index contributed by atoms with van der Waals surface area (Å²) in [5.74, 6) is 1.90. The van der Waals surface area contributed by atoms with Crippen LogP contribution in [0.15, 0.2) is 0 Å². The maximum Gasteiger partial charge on any atom is 0.0207 e. The lowest BCUT2D eigenvalue weighted by atomic mass is 9.70. The number of hydrogen-bond acceptors (Lipinski definition) is 2. The Morgan fingerprint density at radius 3 is 2.25 bits per heavy atom. The summed E-state index contributed by atoms with van der Waals surface area (Å²) in [7, 11) is 0. The Hall–Kier alpha value is -0.0800. The maximum atomic E-state index is 3.88. The minimum atomic E-state index is 0.522. The summed E-state index contributed by atoms with van der Waals surface area (Å²) in [5, 5.41) is 3.88. The van der Waals surface area contributed by atoms with Gasteiger partial charge in [-0.2, -0.15) is 0 Å². The van der Waals surface area contributed by atoms with E-state index in [1.54, 1.807) is 0 Å². The van der Waals surface area contributed by atoms with Crippen molar-refractivity contribution in [3.8, 4) is 0 Å². The van der Waals surface area contributed by atoms with Gasteiger partial charge >= 0.3 is 0 Å². The average molecular weight is 278 g/mol. The van der Waals surface area contributed by atoms with Gasteiger partial charge in [-0.3, -0.25) is 4.90 Å². The van der Waals surface area contributed by atoms with E-state index < -0.39 is 0 Å².